The van der Waals surface area contributed by atoms with Crippen molar-refractivity contribution < 1.29 is 14.6 Å². The third kappa shape index (κ3) is 5.33. The molecule has 5 heteroatoms. The molecule has 1 N–H and O–H groups in total. The van der Waals surface area contributed by atoms with Crippen LogP contribution in [0.2, 0.25) is 5.02 Å². The Balaban J connectivity index is 2.14. The van der Waals surface area contributed by atoms with E-state index in [1.165, 1.54) is 0 Å². The molecule has 0 aliphatic carbocycles. The minimum Gasteiger partial charge on any atom is -0.460 e. The van der Waals surface area contributed by atoms with Gasteiger partial charge in [0.25, 0.3) is 0 Å². The van der Waals surface area contributed by atoms with Gasteiger partial charge in [0.1, 0.15) is 11.7 Å². The van der Waals surface area contributed by atoms with E-state index in [0.29, 0.717) is 5.02 Å². The molecule has 2 rings (SSSR count). The summed E-state index contributed by atoms with van der Waals surface area (Å²) in [7, 11) is 0. The number of aliphatic hydroxyl groups is 1. The number of aliphatic hydroxyl groups excluding tert-OH is 1. The SMILES string of the molecule is CC(C)(C)OC(=O)Cc1ccc(C(O)c2ccc(Cl)cc2)c(Br)c1. The molecule has 2 aromatic rings. The van der Waals surface area contributed by atoms with Gasteiger partial charge < -0.3 is 9.84 Å². The Labute approximate surface area is 155 Å². The number of rotatable bonds is 4. The van der Waals surface area contributed by atoms with Crippen LogP contribution in [0.3, 0.4) is 0 Å². The van der Waals surface area contributed by atoms with E-state index in [4.69, 9.17) is 16.3 Å². The molecule has 0 saturated heterocycles. The van der Waals surface area contributed by atoms with Crippen molar-refractivity contribution in [2.24, 2.45) is 0 Å². The van der Waals surface area contributed by atoms with Crippen LogP contribution >= 0.6 is 27.5 Å². The van der Waals surface area contributed by atoms with Crippen LogP contribution in [0, 0.1) is 0 Å². The molecule has 3 nitrogen and oxygen atoms in total. The Morgan fingerprint density at radius 3 is 2.38 bits per heavy atom. The Kier molecular flexibility index (Phi) is 6.07. The predicted octanol–water partition coefficient (Wildman–Crippen LogP) is 5.07. The van der Waals surface area contributed by atoms with Gasteiger partial charge in [-0.2, -0.15) is 0 Å². The van der Waals surface area contributed by atoms with Crippen LogP contribution in [0.25, 0.3) is 0 Å². The van der Waals surface area contributed by atoms with Crippen LogP contribution in [-0.4, -0.2) is 16.7 Å². The number of ether oxygens (including phenoxy) is 1. The van der Waals surface area contributed by atoms with E-state index in [2.05, 4.69) is 15.9 Å². The lowest BCUT2D eigenvalue weighted by Crippen LogP contribution is -2.24. The molecule has 1 unspecified atom stereocenters. The maximum atomic E-state index is 11.9. The molecule has 0 aliphatic rings. The highest BCUT2D eigenvalue weighted by molar-refractivity contribution is 9.10. The van der Waals surface area contributed by atoms with Crippen molar-refractivity contribution in [2.45, 2.75) is 38.9 Å². The van der Waals surface area contributed by atoms with Gasteiger partial charge in [0.15, 0.2) is 0 Å². The van der Waals surface area contributed by atoms with Gasteiger partial charge in [-0.3, -0.25) is 4.79 Å². The maximum absolute atomic E-state index is 11.9. The second kappa shape index (κ2) is 7.68. The van der Waals surface area contributed by atoms with Crippen molar-refractivity contribution in [2.75, 3.05) is 0 Å². The summed E-state index contributed by atoms with van der Waals surface area (Å²) in [4.78, 5) is 11.9. The zero-order valence-electron chi connectivity index (χ0n) is 13.8. The highest BCUT2D eigenvalue weighted by atomic mass is 79.9. The van der Waals surface area contributed by atoms with Crippen LogP contribution in [0.5, 0.6) is 0 Å². The fraction of sp³-hybridized carbons (Fsp3) is 0.316. The second-order valence-electron chi connectivity index (χ2n) is 6.57. The molecule has 0 heterocycles. The van der Waals surface area contributed by atoms with Crippen LogP contribution in [-0.2, 0) is 16.0 Å². The molecule has 2 aromatic carbocycles. The average molecular weight is 412 g/mol. The van der Waals surface area contributed by atoms with Crippen molar-refractivity contribution in [3.63, 3.8) is 0 Å². The zero-order valence-corrected chi connectivity index (χ0v) is 16.2. The standard InChI is InChI=1S/C19H20BrClO3/c1-19(2,3)24-17(22)11-12-4-9-15(16(20)10-12)18(23)13-5-7-14(21)8-6-13/h4-10,18,23H,11H2,1-3H3. The number of hydrogen-bond acceptors (Lipinski definition) is 3. The molecule has 0 amide bonds. The summed E-state index contributed by atoms with van der Waals surface area (Å²) in [5, 5.41) is 11.1. The third-order valence-corrected chi connectivity index (χ3v) is 4.25. The molecule has 0 aliphatic heterocycles. The molecule has 0 saturated carbocycles. The molecule has 24 heavy (non-hydrogen) atoms. The van der Waals surface area contributed by atoms with Gasteiger partial charge in [-0.1, -0.05) is 51.8 Å². The smallest absolute Gasteiger partial charge is 0.310 e. The molecule has 0 aromatic heterocycles. The van der Waals surface area contributed by atoms with E-state index >= 15 is 0 Å². The Morgan fingerprint density at radius 1 is 1.21 bits per heavy atom. The second-order valence-corrected chi connectivity index (χ2v) is 7.86. The molecule has 0 spiro atoms. The molecular formula is C19H20BrClO3. The topological polar surface area (TPSA) is 46.5 Å². The van der Waals surface area contributed by atoms with Crippen molar-refractivity contribution in [1.29, 1.82) is 0 Å². The first kappa shape index (κ1) is 19.0. The van der Waals surface area contributed by atoms with E-state index < -0.39 is 11.7 Å². The minimum atomic E-state index is -0.771. The first-order chi connectivity index (χ1) is 11.2. The Bertz CT molecular complexity index is 720. The zero-order chi connectivity index (χ0) is 17.9. The number of halogens is 2. The summed E-state index contributed by atoms with van der Waals surface area (Å²) in [6.07, 6.45) is -0.583. The molecule has 0 radical (unpaired) electrons. The molecule has 0 fully saturated rings. The van der Waals surface area contributed by atoms with Gasteiger partial charge in [-0.25, -0.2) is 0 Å². The highest BCUT2D eigenvalue weighted by Crippen LogP contribution is 2.30. The molecule has 0 bridgehead atoms. The molecule has 128 valence electrons. The molecular weight excluding hydrogens is 392 g/mol. The van der Waals surface area contributed by atoms with E-state index in [0.717, 1.165) is 21.2 Å². The third-order valence-electron chi connectivity index (χ3n) is 3.31. The summed E-state index contributed by atoms with van der Waals surface area (Å²) in [5.74, 6) is -0.277. The lowest BCUT2D eigenvalue weighted by molar-refractivity contribution is -0.153. The van der Waals surface area contributed by atoms with E-state index in [-0.39, 0.29) is 12.4 Å². The monoisotopic (exact) mass is 410 g/mol. The fourth-order valence-electron chi connectivity index (χ4n) is 2.27. The summed E-state index contributed by atoms with van der Waals surface area (Å²) in [6, 6.07) is 12.5. The fourth-order valence-corrected chi connectivity index (χ4v) is 3.04. The van der Waals surface area contributed by atoms with Gasteiger partial charge in [-0.15, -0.1) is 0 Å². The van der Waals surface area contributed by atoms with Gasteiger partial charge in [0, 0.05) is 9.50 Å². The Hall–Kier alpha value is -1.36. The van der Waals surface area contributed by atoms with Crippen LogP contribution in [0.1, 0.15) is 43.6 Å². The predicted molar refractivity (Wildman–Crippen MR) is 99.2 cm³/mol. The Morgan fingerprint density at radius 2 is 1.83 bits per heavy atom. The lowest BCUT2D eigenvalue weighted by Gasteiger charge is -2.19. The van der Waals surface area contributed by atoms with Gasteiger partial charge in [0.05, 0.1) is 6.42 Å². The number of esters is 1. The quantitative estimate of drug-likeness (QED) is 0.715. The number of carbonyl (C=O) groups excluding carboxylic acids is 1. The van der Waals surface area contributed by atoms with Crippen molar-refractivity contribution in [3.05, 3.63) is 68.7 Å². The van der Waals surface area contributed by atoms with Gasteiger partial charge >= 0.3 is 5.97 Å². The number of carbonyl (C=O) groups is 1. The van der Waals surface area contributed by atoms with Crippen LogP contribution < -0.4 is 0 Å². The summed E-state index contributed by atoms with van der Waals surface area (Å²) in [6.45, 7) is 5.52. The highest BCUT2D eigenvalue weighted by Gasteiger charge is 2.18. The van der Waals surface area contributed by atoms with E-state index in [1.54, 1.807) is 24.3 Å². The van der Waals surface area contributed by atoms with Crippen LogP contribution in [0.15, 0.2) is 46.9 Å². The summed E-state index contributed by atoms with van der Waals surface area (Å²) in [5.41, 5.74) is 1.80. The van der Waals surface area contributed by atoms with Gasteiger partial charge in [0.2, 0.25) is 0 Å². The normalized spacial score (nSPS) is 12.8. The van der Waals surface area contributed by atoms with E-state index in [9.17, 15) is 9.90 Å². The van der Waals surface area contributed by atoms with Gasteiger partial charge in [-0.05, 0) is 55.7 Å². The average Bonchev–Trinajstić information content (AvgIpc) is 2.45. The van der Waals surface area contributed by atoms with Crippen molar-refractivity contribution in [1.82, 2.24) is 0 Å². The van der Waals surface area contributed by atoms with Crippen LogP contribution in [0.4, 0.5) is 0 Å². The first-order valence-corrected chi connectivity index (χ1v) is 8.76. The number of benzene rings is 2. The summed E-state index contributed by atoms with van der Waals surface area (Å²) >= 11 is 9.35. The summed E-state index contributed by atoms with van der Waals surface area (Å²) < 4.78 is 6.07. The number of hydrogen-bond donors (Lipinski definition) is 1. The molecule has 1 atom stereocenters. The van der Waals surface area contributed by atoms with Crippen molar-refractivity contribution >= 4 is 33.5 Å². The lowest BCUT2D eigenvalue weighted by atomic mass is 10.00. The maximum Gasteiger partial charge on any atom is 0.310 e. The van der Waals surface area contributed by atoms with E-state index in [1.807, 2.05) is 39.0 Å². The minimum absolute atomic E-state index is 0.188. The van der Waals surface area contributed by atoms with Crippen molar-refractivity contribution in [3.8, 4) is 0 Å². The largest absolute Gasteiger partial charge is 0.460 e. The first-order valence-electron chi connectivity index (χ1n) is 7.59.